The molecular weight excluding hydrogens is 436 g/mol. The van der Waals surface area contributed by atoms with E-state index in [1.165, 1.54) is 16.0 Å². The molecule has 3 heterocycles. The molecular formula is C21H22N4O4S2. The minimum absolute atomic E-state index is 0.0727. The highest BCUT2D eigenvalue weighted by molar-refractivity contribution is 7.89. The van der Waals surface area contributed by atoms with Crippen LogP contribution in [0.15, 0.2) is 40.6 Å². The molecule has 2 N–H and O–H groups in total. The Kier molecular flexibility index (Phi) is 5.78. The van der Waals surface area contributed by atoms with Gasteiger partial charge in [-0.05, 0) is 42.0 Å². The summed E-state index contributed by atoms with van der Waals surface area (Å²) in [5.74, 6) is -0.247. The number of anilines is 1. The van der Waals surface area contributed by atoms with E-state index in [0.717, 1.165) is 4.88 Å². The number of hydrogen-bond acceptors (Lipinski definition) is 6. The van der Waals surface area contributed by atoms with Crippen molar-refractivity contribution in [3.8, 4) is 11.1 Å². The lowest BCUT2D eigenvalue weighted by Gasteiger charge is -2.12. The highest BCUT2D eigenvalue weighted by Crippen LogP contribution is 2.35. The third-order valence-corrected chi connectivity index (χ3v) is 7.56. The fourth-order valence-corrected chi connectivity index (χ4v) is 5.54. The van der Waals surface area contributed by atoms with Crippen molar-refractivity contribution in [1.29, 1.82) is 0 Å². The van der Waals surface area contributed by atoms with Crippen molar-refractivity contribution < 1.29 is 18.0 Å². The number of carbonyl (C=O) groups excluding carboxylic acids is 2. The number of nitrogens with one attached hydrogen (secondary N) is 2. The maximum absolute atomic E-state index is 13.0. The van der Waals surface area contributed by atoms with E-state index in [1.54, 1.807) is 25.1 Å². The summed E-state index contributed by atoms with van der Waals surface area (Å²) in [7, 11) is -3.78. The van der Waals surface area contributed by atoms with Crippen LogP contribution in [0, 0.1) is 6.92 Å². The van der Waals surface area contributed by atoms with Crippen LogP contribution in [0.4, 0.5) is 5.82 Å². The maximum atomic E-state index is 13.0. The number of nitrogens with zero attached hydrogens (tertiary/aromatic N) is 2. The minimum Gasteiger partial charge on any atom is -0.310 e. The van der Waals surface area contributed by atoms with Gasteiger partial charge in [-0.25, -0.2) is 13.1 Å². The van der Waals surface area contributed by atoms with E-state index in [4.69, 9.17) is 0 Å². The minimum atomic E-state index is -3.78. The molecule has 3 aromatic rings. The number of rotatable bonds is 6. The molecule has 0 aliphatic carbocycles. The molecule has 0 saturated carbocycles. The largest absolute Gasteiger partial charge is 0.310 e. The molecule has 1 amide bonds. The van der Waals surface area contributed by atoms with Gasteiger partial charge in [-0.1, -0.05) is 25.1 Å². The summed E-state index contributed by atoms with van der Waals surface area (Å²) in [5.41, 5.74) is 2.36. The van der Waals surface area contributed by atoms with E-state index in [9.17, 15) is 18.0 Å². The van der Waals surface area contributed by atoms with Crippen LogP contribution in [0.3, 0.4) is 0 Å². The van der Waals surface area contributed by atoms with Crippen LogP contribution in [0.25, 0.3) is 11.1 Å². The van der Waals surface area contributed by atoms with Crippen molar-refractivity contribution >= 4 is 39.0 Å². The Morgan fingerprint density at radius 2 is 2.03 bits per heavy atom. The summed E-state index contributed by atoms with van der Waals surface area (Å²) in [6.07, 6.45) is 0.678. The first-order valence-electron chi connectivity index (χ1n) is 9.88. The monoisotopic (exact) mass is 458 g/mol. The van der Waals surface area contributed by atoms with Gasteiger partial charge >= 0.3 is 0 Å². The van der Waals surface area contributed by atoms with Gasteiger partial charge in [-0.2, -0.15) is 9.78 Å². The molecule has 1 aliphatic rings. The summed E-state index contributed by atoms with van der Waals surface area (Å²) in [6, 6.07) is 8.81. The average Bonchev–Trinajstić information content (AvgIpc) is 3.36. The lowest BCUT2D eigenvalue weighted by molar-refractivity contribution is -0.116. The van der Waals surface area contributed by atoms with Gasteiger partial charge in [0.15, 0.2) is 0 Å². The van der Waals surface area contributed by atoms with Crippen LogP contribution in [-0.4, -0.2) is 30.0 Å². The summed E-state index contributed by atoms with van der Waals surface area (Å²) in [4.78, 5) is 25.6. The molecule has 0 fully saturated rings. The van der Waals surface area contributed by atoms with Crippen LogP contribution in [0.2, 0.25) is 0 Å². The smallest absolute Gasteiger partial charge is 0.249 e. The third kappa shape index (κ3) is 4.18. The second-order valence-corrected chi connectivity index (χ2v) is 10.0. The molecule has 0 radical (unpaired) electrons. The molecule has 162 valence electrons. The third-order valence-electron chi connectivity index (χ3n) is 5.14. The van der Waals surface area contributed by atoms with E-state index in [-0.39, 0.29) is 36.1 Å². The van der Waals surface area contributed by atoms with Crippen molar-refractivity contribution in [2.45, 2.75) is 44.6 Å². The lowest BCUT2D eigenvalue weighted by atomic mass is 10.0. The molecule has 8 nitrogen and oxygen atoms in total. The lowest BCUT2D eigenvalue weighted by Crippen LogP contribution is -2.23. The Morgan fingerprint density at radius 1 is 1.23 bits per heavy atom. The molecule has 0 bridgehead atoms. The number of carbonyl (C=O) groups is 2. The summed E-state index contributed by atoms with van der Waals surface area (Å²) in [6.45, 7) is 3.83. The van der Waals surface area contributed by atoms with E-state index in [2.05, 4.69) is 15.1 Å². The van der Waals surface area contributed by atoms with Crippen LogP contribution in [0.1, 0.15) is 40.7 Å². The molecule has 31 heavy (non-hydrogen) atoms. The number of hydrogen-bond donors (Lipinski definition) is 2. The average molecular weight is 459 g/mol. The zero-order chi connectivity index (χ0) is 22.2. The number of fused-ring (bicyclic) bond motifs is 1. The second kappa shape index (κ2) is 8.37. The first-order valence-corrected chi connectivity index (χ1v) is 12.2. The fraction of sp³-hybridized carbons (Fsp3) is 0.286. The van der Waals surface area contributed by atoms with E-state index < -0.39 is 10.0 Å². The van der Waals surface area contributed by atoms with Gasteiger partial charge in [0.25, 0.3) is 0 Å². The van der Waals surface area contributed by atoms with Gasteiger partial charge in [0.1, 0.15) is 5.82 Å². The highest BCUT2D eigenvalue weighted by Gasteiger charge is 2.28. The van der Waals surface area contributed by atoms with Gasteiger partial charge in [0, 0.05) is 29.8 Å². The molecule has 1 aliphatic heterocycles. The van der Waals surface area contributed by atoms with Gasteiger partial charge in [-0.15, -0.1) is 11.3 Å². The molecule has 10 heteroatoms. The molecule has 0 saturated heterocycles. The first kappa shape index (κ1) is 21.4. The number of aryl methyl sites for hydroxylation is 2. The Morgan fingerprint density at radius 3 is 2.74 bits per heavy atom. The van der Waals surface area contributed by atoms with Gasteiger partial charge < -0.3 is 5.32 Å². The standard InChI is InChI=1S/C21H22N4O4S2/c1-3-16-20(21-23-18(26)8-9-19(27)25(21)24-16)14-7-6-13(2)17(11-14)31(28,29)22-12-15-5-4-10-30-15/h4-7,10-11,22H,3,8-9,12H2,1-2H3,(H,23,26). The number of sulfonamides is 1. The van der Waals surface area contributed by atoms with Crippen molar-refractivity contribution in [2.24, 2.45) is 0 Å². The molecule has 0 unspecified atom stereocenters. The van der Waals surface area contributed by atoms with Crippen LogP contribution in [0.5, 0.6) is 0 Å². The van der Waals surface area contributed by atoms with Crippen LogP contribution < -0.4 is 10.0 Å². The fourth-order valence-electron chi connectivity index (χ4n) is 3.53. The zero-order valence-electron chi connectivity index (χ0n) is 17.1. The van der Waals surface area contributed by atoms with Gasteiger partial charge in [-0.3, -0.25) is 9.59 Å². The van der Waals surface area contributed by atoms with E-state index in [1.807, 2.05) is 24.4 Å². The number of benzene rings is 1. The van der Waals surface area contributed by atoms with Crippen molar-refractivity contribution in [3.05, 3.63) is 51.8 Å². The Hall–Kier alpha value is -2.82. The van der Waals surface area contributed by atoms with Crippen molar-refractivity contribution in [2.75, 3.05) is 5.32 Å². The Labute approximate surface area is 184 Å². The van der Waals surface area contributed by atoms with E-state index >= 15 is 0 Å². The SMILES string of the molecule is CCc1nn2c(c1-c1ccc(C)c(S(=O)(=O)NCc3cccs3)c1)NC(=O)CCC2=O. The predicted molar refractivity (Wildman–Crippen MR) is 119 cm³/mol. The topological polar surface area (TPSA) is 110 Å². The molecule has 1 aromatic carbocycles. The van der Waals surface area contributed by atoms with Crippen molar-refractivity contribution in [1.82, 2.24) is 14.5 Å². The Bertz CT molecular complexity index is 1260. The van der Waals surface area contributed by atoms with Gasteiger partial charge in [0.05, 0.1) is 10.6 Å². The summed E-state index contributed by atoms with van der Waals surface area (Å²) in [5, 5.41) is 9.05. The van der Waals surface area contributed by atoms with E-state index in [0.29, 0.717) is 34.6 Å². The first-order chi connectivity index (χ1) is 14.8. The normalized spacial score (nSPS) is 14.3. The van der Waals surface area contributed by atoms with Crippen molar-refractivity contribution in [3.63, 3.8) is 0 Å². The second-order valence-electron chi connectivity index (χ2n) is 7.26. The highest BCUT2D eigenvalue weighted by atomic mass is 32.2. The summed E-state index contributed by atoms with van der Waals surface area (Å²) < 4.78 is 29.9. The molecule has 0 spiro atoms. The molecule has 0 atom stereocenters. The molecule has 4 rings (SSSR count). The summed E-state index contributed by atoms with van der Waals surface area (Å²) >= 11 is 1.48. The quantitative estimate of drug-likeness (QED) is 0.589. The predicted octanol–water partition coefficient (Wildman–Crippen LogP) is 3.33. The Balaban J connectivity index is 1.78. The molecule has 2 aromatic heterocycles. The number of aromatic nitrogens is 2. The van der Waals surface area contributed by atoms with Crippen LogP contribution in [-0.2, 0) is 27.8 Å². The number of amides is 1. The maximum Gasteiger partial charge on any atom is 0.249 e. The zero-order valence-corrected chi connectivity index (χ0v) is 18.8. The van der Waals surface area contributed by atoms with Gasteiger partial charge in [0.2, 0.25) is 21.8 Å². The van der Waals surface area contributed by atoms with Crippen LogP contribution >= 0.6 is 11.3 Å². The number of thiophene rings is 1.